The molecule has 1 fully saturated rings. The number of piperazine rings is 1. The molecule has 5 nitrogen and oxygen atoms in total. The number of para-hydroxylation sites is 2. The summed E-state index contributed by atoms with van der Waals surface area (Å²) in [7, 11) is 1.71. The van der Waals surface area contributed by atoms with Crippen LogP contribution in [0.25, 0.3) is 0 Å². The van der Waals surface area contributed by atoms with Gasteiger partial charge in [0.2, 0.25) is 0 Å². The molecule has 0 aromatic heterocycles. The number of hydrogen-bond donors (Lipinski definition) is 2. The van der Waals surface area contributed by atoms with E-state index in [2.05, 4.69) is 11.0 Å². The second-order valence-corrected chi connectivity index (χ2v) is 7.40. The Balaban J connectivity index is 1.45. The highest BCUT2D eigenvalue weighted by Crippen LogP contribution is 2.27. The molecule has 0 spiro atoms. The zero-order chi connectivity index (χ0) is 19.2. The van der Waals surface area contributed by atoms with Crippen LogP contribution < -0.4 is 19.3 Å². The molecule has 0 aliphatic carbocycles. The molecule has 2 N–H and O–H groups in total. The van der Waals surface area contributed by atoms with Crippen molar-refractivity contribution in [1.82, 2.24) is 0 Å². The Hall–Kier alpha value is -1.95. The van der Waals surface area contributed by atoms with Gasteiger partial charge < -0.3 is 24.4 Å². The van der Waals surface area contributed by atoms with E-state index < -0.39 is 6.10 Å². The Kier molecular flexibility index (Phi) is 6.83. The largest absolute Gasteiger partial charge is 0.495 e. The molecular formula is C21H28ClN2O3+. The molecule has 27 heavy (non-hydrogen) atoms. The van der Waals surface area contributed by atoms with Gasteiger partial charge in [0.1, 0.15) is 30.8 Å². The number of hydrogen-bond acceptors (Lipinski definition) is 4. The number of aliphatic hydroxyl groups is 1. The molecule has 0 amide bonds. The number of nitrogens with one attached hydrogen (secondary N) is 1. The SMILES string of the molecule is COc1ccccc1N1CC[NH+](C[C@H](O)COc2ccc(Cl)c(C)c2)CC1. The van der Waals surface area contributed by atoms with E-state index in [1.807, 2.05) is 43.3 Å². The third kappa shape index (κ3) is 5.28. The molecule has 1 saturated heterocycles. The van der Waals surface area contributed by atoms with Gasteiger partial charge in [0.15, 0.2) is 0 Å². The van der Waals surface area contributed by atoms with E-state index in [4.69, 9.17) is 21.1 Å². The van der Waals surface area contributed by atoms with Crippen LogP contribution in [0.2, 0.25) is 5.02 Å². The van der Waals surface area contributed by atoms with Crippen LogP contribution >= 0.6 is 11.6 Å². The summed E-state index contributed by atoms with van der Waals surface area (Å²) in [6.07, 6.45) is -0.492. The van der Waals surface area contributed by atoms with E-state index in [1.165, 1.54) is 4.90 Å². The molecule has 0 bridgehead atoms. The second kappa shape index (κ2) is 9.31. The molecule has 0 saturated carbocycles. The van der Waals surface area contributed by atoms with Crippen LogP contribution in [0.5, 0.6) is 11.5 Å². The van der Waals surface area contributed by atoms with Crippen molar-refractivity contribution < 1.29 is 19.5 Å². The molecule has 6 heteroatoms. The van der Waals surface area contributed by atoms with E-state index in [0.717, 1.165) is 54.0 Å². The minimum Gasteiger partial charge on any atom is -0.495 e. The number of halogens is 1. The van der Waals surface area contributed by atoms with Crippen LogP contribution in [0, 0.1) is 6.92 Å². The summed E-state index contributed by atoms with van der Waals surface area (Å²) in [5.74, 6) is 1.65. The van der Waals surface area contributed by atoms with Gasteiger partial charge in [-0.15, -0.1) is 0 Å². The number of rotatable bonds is 7. The van der Waals surface area contributed by atoms with E-state index in [0.29, 0.717) is 13.2 Å². The van der Waals surface area contributed by atoms with Crippen molar-refractivity contribution >= 4 is 17.3 Å². The maximum atomic E-state index is 10.3. The number of quaternary nitrogens is 1. The van der Waals surface area contributed by atoms with Gasteiger partial charge in [-0.3, -0.25) is 0 Å². The maximum absolute atomic E-state index is 10.3. The molecule has 146 valence electrons. The number of ether oxygens (including phenoxy) is 2. The predicted molar refractivity (Wildman–Crippen MR) is 108 cm³/mol. The van der Waals surface area contributed by atoms with Crippen LogP contribution in [-0.2, 0) is 0 Å². The molecule has 1 aliphatic heterocycles. The van der Waals surface area contributed by atoms with Crippen LogP contribution in [0.15, 0.2) is 42.5 Å². The van der Waals surface area contributed by atoms with E-state index in [9.17, 15) is 5.11 Å². The summed E-state index contributed by atoms with van der Waals surface area (Å²) in [6.45, 7) is 6.77. The fraction of sp³-hybridized carbons (Fsp3) is 0.429. The topological polar surface area (TPSA) is 46.4 Å². The first-order valence-electron chi connectivity index (χ1n) is 9.35. The lowest BCUT2D eigenvalue weighted by Gasteiger charge is -2.35. The normalized spacial score (nSPS) is 16.2. The molecular weight excluding hydrogens is 364 g/mol. The molecule has 3 rings (SSSR count). The monoisotopic (exact) mass is 391 g/mol. The molecule has 0 unspecified atom stereocenters. The summed E-state index contributed by atoms with van der Waals surface area (Å²) in [5, 5.41) is 11.1. The lowest BCUT2D eigenvalue weighted by atomic mass is 10.2. The van der Waals surface area contributed by atoms with Crippen molar-refractivity contribution in [3.63, 3.8) is 0 Å². The van der Waals surface area contributed by atoms with Gasteiger partial charge in [-0.1, -0.05) is 23.7 Å². The second-order valence-electron chi connectivity index (χ2n) is 6.99. The van der Waals surface area contributed by atoms with Gasteiger partial charge in [0, 0.05) is 5.02 Å². The minimum atomic E-state index is -0.492. The Labute approximate surface area is 166 Å². The molecule has 2 aromatic carbocycles. The van der Waals surface area contributed by atoms with Crippen molar-refractivity contribution in [2.24, 2.45) is 0 Å². The first-order chi connectivity index (χ1) is 13.1. The lowest BCUT2D eigenvalue weighted by Crippen LogP contribution is -3.16. The molecule has 1 atom stereocenters. The van der Waals surface area contributed by atoms with Crippen LogP contribution in [0.3, 0.4) is 0 Å². The van der Waals surface area contributed by atoms with E-state index >= 15 is 0 Å². The molecule has 1 aliphatic rings. The number of anilines is 1. The van der Waals surface area contributed by atoms with Gasteiger partial charge in [-0.05, 0) is 42.8 Å². The number of aliphatic hydroxyl groups excluding tert-OH is 1. The minimum absolute atomic E-state index is 0.292. The fourth-order valence-electron chi connectivity index (χ4n) is 3.45. The summed E-state index contributed by atoms with van der Waals surface area (Å²) < 4.78 is 11.2. The summed E-state index contributed by atoms with van der Waals surface area (Å²) in [4.78, 5) is 3.74. The predicted octanol–water partition coefficient (Wildman–Crippen LogP) is 1.80. The van der Waals surface area contributed by atoms with Gasteiger partial charge in [-0.25, -0.2) is 0 Å². The smallest absolute Gasteiger partial charge is 0.142 e. The molecule has 1 heterocycles. The van der Waals surface area contributed by atoms with Gasteiger partial charge >= 0.3 is 0 Å². The van der Waals surface area contributed by atoms with E-state index in [1.54, 1.807) is 7.11 Å². The van der Waals surface area contributed by atoms with Crippen molar-refractivity contribution in [3.8, 4) is 11.5 Å². The first-order valence-corrected chi connectivity index (χ1v) is 9.73. The average Bonchev–Trinajstić information content (AvgIpc) is 2.69. The number of aryl methyl sites for hydroxylation is 1. The summed E-state index contributed by atoms with van der Waals surface area (Å²) >= 11 is 6.03. The van der Waals surface area contributed by atoms with Crippen LogP contribution in [0.4, 0.5) is 5.69 Å². The van der Waals surface area contributed by atoms with Gasteiger partial charge in [0.05, 0.1) is 39.0 Å². The Morgan fingerprint density at radius 1 is 1.19 bits per heavy atom. The highest BCUT2D eigenvalue weighted by Gasteiger charge is 2.24. The quantitative estimate of drug-likeness (QED) is 0.755. The maximum Gasteiger partial charge on any atom is 0.142 e. The van der Waals surface area contributed by atoms with Crippen molar-refractivity contribution in [2.45, 2.75) is 13.0 Å². The molecule has 2 aromatic rings. The third-order valence-corrected chi connectivity index (χ3v) is 5.42. The Morgan fingerprint density at radius 3 is 2.63 bits per heavy atom. The Bertz CT molecular complexity index is 748. The summed E-state index contributed by atoms with van der Waals surface area (Å²) in [5.41, 5.74) is 2.11. The standard InChI is InChI=1S/C21H27ClN2O3/c1-16-13-18(7-8-19(16)22)27-15-17(25)14-23-9-11-24(12-10-23)20-5-3-4-6-21(20)26-2/h3-8,13,17,25H,9-12,14-15H2,1-2H3/p+1/t17-/m0/s1. The van der Waals surface area contributed by atoms with Gasteiger partial charge in [0.25, 0.3) is 0 Å². The number of nitrogens with zero attached hydrogens (tertiary/aromatic N) is 1. The summed E-state index contributed by atoms with van der Waals surface area (Å²) in [6, 6.07) is 13.7. The number of methoxy groups -OCH3 is 1. The number of benzene rings is 2. The van der Waals surface area contributed by atoms with Crippen molar-refractivity contribution in [2.75, 3.05) is 51.3 Å². The first kappa shape index (κ1) is 19.8. The lowest BCUT2D eigenvalue weighted by molar-refractivity contribution is -0.903. The van der Waals surface area contributed by atoms with Crippen LogP contribution in [-0.4, -0.2) is 57.7 Å². The van der Waals surface area contributed by atoms with Gasteiger partial charge in [-0.2, -0.15) is 0 Å². The third-order valence-electron chi connectivity index (χ3n) is 4.99. The highest BCUT2D eigenvalue weighted by molar-refractivity contribution is 6.31. The molecule has 0 radical (unpaired) electrons. The zero-order valence-corrected chi connectivity index (χ0v) is 16.7. The average molecular weight is 392 g/mol. The zero-order valence-electron chi connectivity index (χ0n) is 16.0. The fourth-order valence-corrected chi connectivity index (χ4v) is 3.57. The van der Waals surface area contributed by atoms with Crippen LogP contribution in [0.1, 0.15) is 5.56 Å². The van der Waals surface area contributed by atoms with Crippen molar-refractivity contribution in [3.05, 3.63) is 53.1 Å². The highest BCUT2D eigenvalue weighted by atomic mass is 35.5. The Morgan fingerprint density at radius 2 is 1.93 bits per heavy atom. The van der Waals surface area contributed by atoms with E-state index in [-0.39, 0.29) is 0 Å². The van der Waals surface area contributed by atoms with Crippen molar-refractivity contribution in [1.29, 1.82) is 0 Å².